The van der Waals surface area contributed by atoms with Crippen molar-refractivity contribution in [2.75, 3.05) is 26.2 Å². The van der Waals surface area contributed by atoms with E-state index in [1.165, 1.54) is 0 Å². The molecule has 0 aliphatic heterocycles. The molecule has 8 heteroatoms. The molecule has 1 atom stereocenters. The van der Waals surface area contributed by atoms with Crippen LogP contribution in [0.25, 0.3) is 0 Å². The van der Waals surface area contributed by atoms with E-state index in [0.29, 0.717) is 12.5 Å². The second-order valence-electron chi connectivity index (χ2n) is 4.35. The fourth-order valence-electron chi connectivity index (χ4n) is 1.27. The van der Waals surface area contributed by atoms with Gasteiger partial charge in [-0.1, -0.05) is 0 Å². The predicted octanol–water partition coefficient (Wildman–Crippen LogP) is -0.975. The molecule has 0 spiro atoms. The summed E-state index contributed by atoms with van der Waals surface area (Å²) in [7, 11) is -4.10. The monoisotopic (exact) mass is 265 g/mol. The standard InChI is InChI=1S/C9H20BNO5S/c1-8(2)3-4-11(5-6-12)7-9(13)17(15,16)10-14/h8-9,12-13H,3-7H2,1-2H3. The number of hydrogen-bond acceptors (Lipinski definition) is 6. The van der Waals surface area contributed by atoms with E-state index in [-0.39, 0.29) is 26.1 Å². The van der Waals surface area contributed by atoms with Crippen LogP contribution in [0, 0.1) is 5.92 Å². The molecule has 0 rings (SSSR count). The van der Waals surface area contributed by atoms with Crippen LogP contribution in [0.2, 0.25) is 0 Å². The number of hydrogen-bond donors (Lipinski definition) is 2. The molecule has 0 aliphatic carbocycles. The van der Waals surface area contributed by atoms with E-state index in [0.717, 1.165) is 6.42 Å². The molecular weight excluding hydrogens is 245 g/mol. The summed E-state index contributed by atoms with van der Waals surface area (Å²) >= 11 is 0. The molecule has 0 heterocycles. The van der Waals surface area contributed by atoms with Crippen LogP contribution < -0.4 is 0 Å². The molecule has 1 unspecified atom stereocenters. The van der Waals surface area contributed by atoms with E-state index in [9.17, 15) is 18.2 Å². The average Bonchev–Trinajstić information content (AvgIpc) is 2.25. The Balaban J connectivity index is 4.38. The normalized spacial score (nSPS) is 14.0. The van der Waals surface area contributed by atoms with Gasteiger partial charge in [-0.15, -0.1) is 0 Å². The van der Waals surface area contributed by atoms with Crippen LogP contribution in [0.3, 0.4) is 0 Å². The van der Waals surface area contributed by atoms with Gasteiger partial charge >= 0.3 is 102 Å². The van der Waals surface area contributed by atoms with Gasteiger partial charge < -0.3 is 0 Å². The average molecular weight is 265 g/mol. The van der Waals surface area contributed by atoms with Gasteiger partial charge in [0.1, 0.15) is 0 Å². The molecule has 0 fully saturated rings. The van der Waals surface area contributed by atoms with Gasteiger partial charge in [0.15, 0.2) is 0 Å². The summed E-state index contributed by atoms with van der Waals surface area (Å²) in [5.74, 6) is 0.441. The van der Waals surface area contributed by atoms with Crippen LogP contribution in [0.1, 0.15) is 20.3 Å². The third-order valence-electron chi connectivity index (χ3n) is 2.37. The van der Waals surface area contributed by atoms with Crippen LogP contribution in [0.5, 0.6) is 0 Å². The summed E-state index contributed by atoms with van der Waals surface area (Å²) in [5, 5.41) is 18.2. The molecule has 6 nitrogen and oxygen atoms in total. The van der Waals surface area contributed by atoms with Crippen molar-refractivity contribution in [1.82, 2.24) is 4.90 Å². The van der Waals surface area contributed by atoms with E-state index in [2.05, 4.69) is 0 Å². The Morgan fingerprint density at radius 2 is 1.88 bits per heavy atom. The number of aliphatic hydroxyl groups is 2. The van der Waals surface area contributed by atoms with Gasteiger partial charge in [0.2, 0.25) is 0 Å². The fourth-order valence-corrected chi connectivity index (χ4v) is 1.81. The Hall–Kier alpha value is -0.305. The number of aliphatic hydroxyl groups excluding tert-OH is 2. The summed E-state index contributed by atoms with van der Waals surface area (Å²) in [4.78, 5) is 1.63. The zero-order valence-electron chi connectivity index (χ0n) is 10.2. The fraction of sp³-hybridized carbons (Fsp3) is 1.00. The van der Waals surface area contributed by atoms with E-state index in [1.54, 1.807) is 4.90 Å². The van der Waals surface area contributed by atoms with E-state index in [4.69, 9.17) is 5.11 Å². The molecule has 0 amide bonds. The van der Waals surface area contributed by atoms with Crippen molar-refractivity contribution >= 4 is 16.1 Å². The molecule has 0 aliphatic rings. The Kier molecular flexibility index (Phi) is 7.77. The molecule has 0 radical (unpaired) electrons. The van der Waals surface area contributed by atoms with Gasteiger partial charge in [-0.3, -0.25) is 0 Å². The van der Waals surface area contributed by atoms with Crippen molar-refractivity contribution in [1.29, 1.82) is 0 Å². The van der Waals surface area contributed by atoms with Crippen LogP contribution >= 0.6 is 0 Å². The Morgan fingerprint density at radius 3 is 2.29 bits per heavy atom. The Labute approximate surface area is 103 Å². The molecular formula is C9H20BNO5S. The zero-order chi connectivity index (χ0) is 13.5. The summed E-state index contributed by atoms with van der Waals surface area (Å²) in [6.07, 6.45) is 0.588. The van der Waals surface area contributed by atoms with Gasteiger partial charge in [0, 0.05) is 0 Å². The second-order valence-corrected chi connectivity index (χ2v) is 6.26. The minimum absolute atomic E-state index is 0.119. The summed E-state index contributed by atoms with van der Waals surface area (Å²) < 4.78 is 32.4. The van der Waals surface area contributed by atoms with E-state index in [1.807, 2.05) is 13.8 Å². The summed E-state index contributed by atoms with van der Waals surface area (Å²) in [6.45, 7) is 4.62. The molecule has 0 aromatic carbocycles. The quantitative estimate of drug-likeness (QED) is 0.520. The molecule has 2 N–H and O–H groups in total. The first-order valence-corrected chi connectivity index (χ1v) is 7.14. The first kappa shape index (κ1) is 16.7. The maximum absolute atomic E-state index is 11.1. The SMILES string of the molecule is CC(C)CCN(CCO)CC(O)S(=O)(=O)B=O. The van der Waals surface area contributed by atoms with Crippen LogP contribution in [0.15, 0.2) is 0 Å². The van der Waals surface area contributed by atoms with Crippen LogP contribution in [0.4, 0.5) is 0 Å². The second kappa shape index (κ2) is 7.91. The third kappa shape index (κ3) is 6.87. The van der Waals surface area contributed by atoms with Gasteiger partial charge in [0.25, 0.3) is 0 Å². The van der Waals surface area contributed by atoms with Crippen molar-refractivity contribution in [3.8, 4) is 0 Å². The van der Waals surface area contributed by atoms with Crippen molar-refractivity contribution < 1.29 is 23.3 Å². The van der Waals surface area contributed by atoms with Crippen LogP contribution in [-0.2, 0) is 14.4 Å². The van der Waals surface area contributed by atoms with E-state index < -0.39 is 15.1 Å². The first-order valence-electron chi connectivity index (χ1n) is 5.53. The van der Waals surface area contributed by atoms with Crippen molar-refractivity contribution in [2.45, 2.75) is 25.7 Å². The molecule has 0 saturated carbocycles. The Bertz CT molecular complexity index is 319. The van der Waals surface area contributed by atoms with Crippen LogP contribution in [-0.4, -0.2) is 61.6 Å². The first-order chi connectivity index (χ1) is 7.83. The molecule has 0 saturated heterocycles. The Morgan fingerprint density at radius 1 is 1.29 bits per heavy atom. The molecule has 0 aromatic rings. The predicted molar refractivity (Wildman–Crippen MR) is 64.3 cm³/mol. The number of nitrogens with zero attached hydrogens (tertiary/aromatic N) is 1. The maximum atomic E-state index is 11.1. The van der Waals surface area contributed by atoms with Gasteiger partial charge in [-0.05, 0) is 0 Å². The van der Waals surface area contributed by atoms with Crippen molar-refractivity contribution in [3.63, 3.8) is 0 Å². The molecule has 17 heavy (non-hydrogen) atoms. The summed E-state index contributed by atoms with van der Waals surface area (Å²) in [5.41, 5.74) is -1.72. The molecule has 0 aromatic heterocycles. The zero-order valence-corrected chi connectivity index (χ0v) is 11.1. The van der Waals surface area contributed by atoms with Gasteiger partial charge in [-0.25, -0.2) is 0 Å². The topological polar surface area (TPSA) is 94.9 Å². The number of rotatable bonds is 9. The molecule has 0 bridgehead atoms. The van der Waals surface area contributed by atoms with Gasteiger partial charge in [0.05, 0.1) is 0 Å². The third-order valence-corrected chi connectivity index (χ3v) is 3.54. The molecule has 100 valence electrons. The van der Waals surface area contributed by atoms with Crippen molar-refractivity contribution in [3.05, 3.63) is 0 Å². The minimum atomic E-state index is -4.10. The summed E-state index contributed by atoms with van der Waals surface area (Å²) in [6, 6.07) is 0. The van der Waals surface area contributed by atoms with Gasteiger partial charge in [-0.2, -0.15) is 0 Å². The van der Waals surface area contributed by atoms with Crippen molar-refractivity contribution in [2.24, 2.45) is 5.92 Å². The van der Waals surface area contributed by atoms with E-state index >= 15 is 0 Å².